The summed E-state index contributed by atoms with van der Waals surface area (Å²) in [5, 5.41) is 16.0. The smallest absolute Gasteiger partial charge is 0.315 e. The Kier molecular flexibility index (Phi) is 4.83. The van der Waals surface area contributed by atoms with Crippen LogP contribution in [0, 0.1) is 0 Å². The molecule has 2 aliphatic heterocycles. The lowest BCUT2D eigenvalue weighted by molar-refractivity contribution is 0.0979. The minimum atomic E-state index is -0.707. The van der Waals surface area contributed by atoms with Gasteiger partial charge in [0, 0.05) is 6.54 Å². The van der Waals surface area contributed by atoms with Crippen LogP contribution in [-0.4, -0.2) is 35.9 Å². The second-order valence-corrected chi connectivity index (χ2v) is 7.96. The first-order valence-electron chi connectivity index (χ1n) is 8.81. The number of aliphatic hydroxyl groups excluding tert-OH is 1. The van der Waals surface area contributed by atoms with Crippen LogP contribution in [0.5, 0.6) is 0 Å². The number of benzene rings is 1. The molecule has 0 aromatic heterocycles. The van der Waals surface area contributed by atoms with Crippen LogP contribution < -0.4 is 10.6 Å². The number of hydrogen-bond donors (Lipinski definition) is 3. The van der Waals surface area contributed by atoms with E-state index in [-0.39, 0.29) is 30.1 Å². The molecule has 24 heavy (non-hydrogen) atoms. The molecule has 2 saturated heterocycles. The molecular weight excluding hydrogens is 304 g/mol. The number of hydrogen-bond acceptors (Lipinski definition) is 3. The maximum absolute atomic E-state index is 12.0. The number of ether oxygens (including phenoxy) is 1. The van der Waals surface area contributed by atoms with E-state index >= 15 is 0 Å². The number of carbonyl (C=O) groups excluding carboxylic acids is 1. The summed E-state index contributed by atoms with van der Waals surface area (Å²) in [6.45, 7) is 6.67. The van der Waals surface area contributed by atoms with Crippen molar-refractivity contribution in [3.05, 3.63) is 35.4 Å². The minimum Gasteiger partial charge on any atom is -0.387 e. The molecule has 3 N–H and O–H groups in total. The fraction of sp³-hybridized carbons (Fsp3) is 0.632. The van der Waals surface area contributed by atoms with Gasteiger partial charge in [-0.3, -0.25) is 0 Å². The van der Waals surface area contributed by atoms with Gasteiger partial charge in [-0.1, -0.05) is 45.0 Å². The number of nitrogens with one attached hydrogen (secondary N) is 2. The molecule has 2 amide bonds. The van der Waals surface area contributed by atoms with Crippen LogP contribution in [0.15, 0.2) is 24.3 Å². The molecule has 4 atom stereocenters. The molecule has 2 heterocycles. The monoisotopic (exact) mass is 332 g/mol. The van der Waals surface area contributed by atoms with Crippen molar-refractivity contribution >= 4 is 6.03 Å². The van der Waals surface area contributed by atoms with Crippen molar-refractivity contribution in [1.82, 2.24) is 10.6 Å². The van der Waals surface area contributed by atoms with E-state index in [1.165, 1.54) is 5.56 Å². The van der Waals surface area contributed by atoms with Crippen LogP contribution in [0.3, 0.4) is 0 Å². The standard InChI is InChI=1S/C19H28N2O3/c1-19(2,3)13-6-4-12(5-7-13)16(22)11-20-18(23)21-15-10-14-8-9-17(15)24-14/h4-7,14-17,22H,8-11H2,1-3H3,(H2,20,21,23). The highest BCUT2D eigenvalue weighted by molar-refractivity contribution is 5.74. The molecule has 0 saturated carbocycles. The Hall–Kier alpha value is -1.59. The van der Waals surface area contributed by atoms with Crippen molar-refractivity contribution in [2.75, 3.05) is 6.54 Å². The number of fused-ring (bicyclic) bond motifs is 2. The summed E-state index contributed by atoms with van der Waals surface area (Å²) in [5.74, 6) is 0. The van der Waals surface area contributed by atoms with Crippen LogP contribution in [0.4, 0.5) is 4.79 Å². The van der Waals surface area contributed by atoms with Crippen LogP contribution in [0.2, 0.25) is 0 Å². The maximum Gasteiger partial charge on any atom is 0.315 e. The number of carbonyl (C=O) groups is 1. The molecule has 5 nitrogen and oxygen atoms in total. The van der Waals surface area contributed by atoms with Crippen LogP contribution in [0.25, 0.3) is 0 Å². The molecule has 2 aliphatic rings. The third-order valence-corrected chi connectivity index (χ3v) is 5.04. The summed E-state index contributed by atoms with van der Waals surface area (Å²) in [4.78, 5) is 12.0. The molecule has 0 radical (unpaired) electrons. The van der Waals surface area contributed by atoms with Crippen molar-refractivity contribution in [3.8, 4) is 0 Å². The lowest BCUT2D eigenvalue weighted by Gasteiger charge is -2.22. The predicted octanol–water partition coefficient (Wildman–Crippen LogP) is 2.64. The fourth-order valence-electron chi connectivity index (χ4n) is 3.52. The minimum absolute atomic E-state index is 0.0877. The third kappa shape index (κ3) is 3.90. The van der Waals surface area contributed by atoms with Crippen LogP contribution in [0.1, 0.15) is 57.3 Å². The van der Waals surface area contributed by atoms with E-state index in [4.69, 9.17) is 4.74 Å². The second-order valence-electron chi connectivity index (χ2n) is 7.96. The Morgan fingerprint density at radius 2 is 2.00 bits per heavy atom. The van der Waals surface area contributed by atoms with E-state index in [1.807, 2.05) is 24.3 Å². The van der Waals surface area contributed by atoms with Gasteiger partial charge >= 0.3 is 6.03 Å². The van der Waals surface area contributed by atoms with Crippen LogP contribution in [-0.2, 0) is 10.2 Å². The third-order valence-electron chi connectivity index (χ3n) is 5.04. The van der Waals surface area contributed by atoms with Gasteiger partial charge in [-0.25, -0.2) is 4.79 Å². The summed E-state index contributed by atoms with van der Waals surface area (Å²) in [7, 11) is 0. The van der Waals surface area contributed by atoms with E-state index < -0.39 is 6.10 Å². The Balaban J connectivity index is 1.46. The number of rotatable bonds is 4. The zero-order valence-corrected chi connectivity index (χ0v) is 14.7. The van der Waals surface area contributed by atoms with Gasteiger partial charge in [-0.05, 0) is 35.8 Å². The molecule has 5 heteroatoms. The average Bonchev–Trinajstić information content (AvgIpc) is 3.14. The highest BCUT2D eigenvalue weighted by Crippen LogP contribution is 2.34. The topological polar surface area (TPSA) is 70.6 Å². The van der Waals surface area contributed by atoms with Gasteiger partial charge in [0.2, 0.25) is 0 Å². The van der Waals surface area contributed by atoms with Gasteiger partial charge in [0.05, 0.1) is 24.4 Å². The Bertz CT molecular complexity index is 579. The quantitative estimate of drug-likeness (QED) is 0.794. The first kappa shape index (κ1) is 17.2. The lowest BCUT2D eigenvalue weighted by Crippen LogP contribution is -2.47. The van der Waals surface area contributed by atoms with E-state index in [9.17, 15) is 9.90 Å². The predicted molar refractivity (Wildman–Crippen MR) is 92.9 cm³/mol. The Morgan fingerprint density at radius 1 is 1.29 bits per heavy atom. The number of aliphatic hydroxyl groups is 1. The Morgan fingerprint density at radius 3 is 2.54 bits per heavy atom. The maximum atomic E-state index is 12.0. The number of amides is 2. The van der Waals surface area contributed by atoms with Crippen molar-refractivity contribution in [3.63, 3.8) is 0 Å². The van der Waals surface area contributed by atoms with E-state index in [0.29, 0.717) is 6.10 Å². The van der Waals surface area contributed by atoms with Gasteiger partial charge in [-0.15, -0.1) is 0 Å². The number of urea groups is 1. The summed E-state index contributed by atoms with van der Waals surface area (Å²) < 4.78 is 5.73. The van der Waals surface area contributed by atoms with E-state index in [0.717, 1.165) is 24.8 Å². The normalized spacial score (nSPS) is 27.1. The van der Waals surface area contributed by atoms with E-state index in [1.54, 1.807) is 0 Å². The zero-order valence-electron chi connectivity index (χ0n) is 14.7. The molecule has 4 unspecified atom stereocenters. The van der Waals surface area contributed by atoms with Gasteiger partial charge in [0.1, 0.15) is 0 Å². The van der Waals surface area contributed by atoms with Crippen LogP contribution >= 0.6 is 0 Å². The highest BCUT2D eigenvalue weighted by atomic mass is 16.5. The molecule has 0 spiro atoms. The summed E-state index contributed by atoms with van der Waals surface area (Å²) in [6, 6.07) is 7.79. The van der Waals surface area contributed by atoms with Gasteiger partial charge in [0.25, 0.3) is 0 Å². The molecule has 2 bridgehead atoms. The Labute approximate surface area is 143 Å². The van der Waals surface area contributed by atoms with Crippen molar-refractivity contribution in [2.45, 2.75) is 69.8 Å². The molecule has 132 valence electrons. The first-order valence-corrected chi connectivity index (χ1v) is 8.81. The zero-order chi connectivity index (χ0) is 17.3. The van der Waals surface area contributed by atoms with Crippen molar-refractivity contribution in [2.24, 2.45) is 0 Å². The summed E-state index contributed by atoms with van der Waals surface area (Å²) in [5.41, 5.74) is 2.12. The molecule has 2 fully saturated rings. The van der Waals surface area contributed by atoms with Crippen molar-refractivity contribution < 1.29 is 14.6 Å². The average molecular weight is 332 g/mol. The molecule has 1 aromatic rings. The van der Waals surface area contributed by atoms with Gasteiger partial charge in [0.15, 0.2) is 0 Å². The van der Waals surface area contributed by atoms with E-state index in [2.05, 4.69) is 31.4 Å². The summed E-state index contributed by atoms with van der Waals surface area (Å²) in [6.07, 6.45) is 2.80. The lowest BCUT2D eigenvalue weighted by atomic mass is 9.86. The van der Waals surface area contributed by atoms with Gasteiger partial charge in [-0.2, -0.15) is 0 Å². The van der Waals surface area contributed by atoms with Crippen molar-refractivity contribution in [1.29, 1.82) is 0 Å². The molecule has 1 aromatic carbocycles. The molecular formula is C19H28N2O3. The molecule has 0 aliphatic carbocycles. The second kappa shape index (κ2) is 6.73. The fourth-order valence-corrected chi connectivity index (χ4v) is 3.52. The largest absolute Gasteiger partial charge is 0.387 e. The first-order chi connectivity index (χ1) is 11.3. The summed E-state index contributed by atoms with van der Waals surface area (Å²) >= 11 is 0. The highest BCUT2D eigenvalue weighted by Gasteiger charge is 2.41. The SMILES string of the molecule is CC(C)(C)c1ccc(C(O)CNC(=O)NC2CC3CCC2O3)cc1. The molecule has 3 rings (SSSR count). The van der Waals surface area contributed by atoms with Gasteiger partial charge < -0.3 is 20.5 Å².